The first-order valence-corrected chi connectivity index (χ1v) is 10.7. The van der Waals surface area contributed by atoms with Crippen LogP contribution in [0.15, 0.2) is 35.2 Å². The van der Waals surface area contributed by atoms with E-state index < -0.39 is 5.60 Å². The molecule has 1 fully saturated rings. The van der Waals surface area contributed by atoms with Gasteiger partial charge in [-0.3, -0.25) is 9.20 Å². The highest BCUT2D eigenvalue weighted by Crippen LogP contribution is 2.35. The quantitative estimate of drug-likeness (QED) is 0.469. The Bertz CT molecular complexity index is 1090. The summed E-state index contributed by atoms with van der Waals surface area (Å²) < 4.78 is 2.53. The van der Waals surface area contributed by atoms with Gasteiger partial charge in [0.15, 0.2) is 17.2 Å². The maximum atomic E-state index is 12.4. The van der Waals surface area contributed by atoms with E-state index in [0.717, 1.165) is 24.1 Å². The zero-order valence-corrected chi connectivity index (χ0v) is 18.6. The number of aromatic nitrogens is 3. The first-order valence-electron chi connectivity index (χ1n) is 9.54. The molecule has 2 aromatic heterocycles. The Hall–Kier alpha value is -1.96. The first-order chi connectivity index (χ1) is 13.7. The Kier molecular flexibility index (Phi) is 5.40. The summed E-state index contributed by atoms with van der Waals surface area (Å²) in [5.41, 5.74) is 2.02. The molecule has 2 N–H and O–H groups in total. The van der Waals surface area contributed by atoms with Gasteiger partial charge in [0.05, 0.1) is 22.5 Å². The highest BCUT2D eigenvalue weighted by atomic mass is 79.9. The number of hydrogen-bond acceptors (Lipinski definition) is 5. The highest BCUT2D eigenvalue weighted by Gasteiger charge is 2.26. The average Bonchev–Trinajstić information content (AvgIpc) is 3.35. The summed E-state index contributed by atoms with van der Waals surface area (Å²) in [6, 6.07) is 5.50. The molecule has 152 valence electrons. The normalized spacial score (nSPS) is 14.4. The van der Waals surface area contributed by atoms with Crippen molar-refractivity contribution in [2.24, 2.45) is 5.92 Å². The summed E-state index contributed by atoms with van der Waals surface area (Å²) in [5, 5.41) is 13.6. The van der Waals surface area contributed by atoms with Crippen LogP contribution in [0.5, 0.6) is 0 Å². The lowest BCUT2D eigenvalue weighted by molar-refractivity contribution is 0.0943. The number of ketones is 1. The molecule has 2 heterocycles. The molecule has 0 amide bonds. The van der Waals surface area contributed by atoms with Gasteiger partial charge in [-0.2, -0.15) is 0 Å². The summed E-state index contributed by atoms with van der Waals surface area (Å²) in [5.74, 6) is 1.19. The van der Waals surface area contributed by atoms with Gasteiger partial charge in [0.2, 0.25) is 0 Å². The van der Waals surface area contributed by atoms with Gasteiger partial charge in [0, 0.05) is 30.3 Å². The zero-order chi connectivity index (χ0) is 20.8. The third-order valence-corrected chi connectivity index (χ3v) is 5.58. The summed E-state index contributed by atoms with van der Waals surface area (Å²) in [6.45, 7) is 3.78. The van der Waals surface area contributed by atoms with Crippen LogP contribution in [0.3, 0.4) is 0 Å². The summed E-state index contributed by atoms with van der Waals surface area (Å²) in [7, 11) is 0. The van der Waals surface area contributed by atoms with Crippen molar-refractivity contribution in [2.75, 3.05) is 11.9 Å². The van der Waals surface area contributed by atoms with Gasteiger partial charge in [-0.05, 0) is 60.7 Å². The summed E-state index contributed by atoms with van der Waals surface area (Å²) >= 11 is 9.88. The minimum atomic E-state index is -0.882. The second kappa shape index (κ2) is 7.70. The number of imidazole rings is 1. The number of hydrogen-bond donors (Lipinski definition) is 2. The molecule has 3 aromatic rings. The van der Waals surface area contributed by atoms with E-state index >= 15 is 0 Å². The van der Waals surface area contributed by atoms with Gasteiger partial charge >= 0.3 is 0 Å². The zero-order valence-electron chi connectivity index (χ0n) is 16.2. The number of carbonyl (C=O) groups is 1. The second-order valence-corrected chi connectivity index (χ2v) is 9.40. The third-order valence-electron chi connectivity index (χ3n) is 4.89. The fourth-order valence-corrected chi connectivity index (χ4v) is 3.85. The average molecular weight is 478 g/mol. The van der Waals surface area contributed by atoms with Crippen LogP contribution in [0.4, 0.5) is 5.82 Å². The van der Waals surface area contributed by atoms with Gasteiger partial charge in [0.25, 0.3) is 0 Å². The van der Waals surface area contributed by atoms with Crippen molar-refractivity contribution in [3.63, 3.8) is 0 Å². The molecule has 0 aliphatic heterocycles. The van der Waals surface area contributed by atoms with Crippen LogP contribution in [0.25, 0.3) is 16.9 Å². The van der Waals surface area contributed by atoms with E-state index in [1.165, 1.54) is 0 Å². The predicted molar refractivity (Wildman–Crippen MR) is 118 cm³/mol. The Morgan fingerprint density at radius 3 is 2.83 bits per heavy atom. The van der Waals surface area contributed by atoms with E-state index in [4.69, 9.17) is 11.6 Å². The lowest BCUT2D eigenvalue weighted by atomic mass is 10.0. The largest absolute Gasteiger partial charge is 0.389 e. The van der Waals surface area contributed by atoms with Crippen LogP contribution in [0.1, 0.15) is 43.5 Å². The van der Waals surface area contributed by atoms with Crippen molar-refractivity contribution in [3.05, 3.63) is 45.8 Å². The van der Waals surface area contributed by atoms with Crippen LogP contribution >= 0.6 is 27.5 Å². The van der Waals surface area contributed by atoms with Crippen LogP contribution in [0, 0.1) is 5.92 Å². The van der Waals surface area contributed by atoms with Crippen LogP contribution in [-0.2, 0) is 0 Å². The van der Waals surface area contributed by atoms with E-state index in [-0.39, 0.29) is 5.78 Å². The molecule has 8 heteroatoms. The lowest BCUT2D eigenvalue weighted by Crippen LogP contribution is -2.29. The topological polar surface area (TPSA) is 79.5 Å². The highest BCUT2D eigenvalue weighted by molar-refractivity contribution is 9.10. The van der Waals surface area contributed by atoms with Crippen molar-refractivity contribution >= 4 is 44.8 Å². The molecule has 1 aliphatic rings. The van der Waals surface area contributed by atoms with E-state index in [1.54, 1.807) is 26.1 Å². The van der Waals surface area contributed by atoms with Gasteiger partial charge in [-0.25, -0.2) is 9.97 Å². The molecule has 6 nitrogen and oxygen atoms in total. The maximum Gasteiger partial charge on any atom is 0.180 e. The van der Waals surface area contributed by atoms with Crippen molar-refractivity contribution in [3.8, 4) is 11.3 Å². The molecule has 29 heavy (non-hydrogen) atoms. The molecule has 4 rings (SSSR count). The lowest BCUT2D eigenvalue weighted by Gasteiger charge is -2.18. The standard InChI is InChI=1S/C21H22BrClN4O2/c1-21(2,29)11-25-19-20-24-9-16(27(20)10-18(22)26-19)13-5-6-14(15(23)8-13)17(28)7-12-3-4-12/h5-6,8-10,12,29H,3-4,7,11H2,1-2H3,(H,25,26). The number of nitrogens with one attached hydrogen (secondary N) is 1. The summed E-state index contributed by atoms with van der Waals surface area (Å²) in [4.78, 5) is 21.4. The van der Waals surface area contributed by atoms with E-state index in [9.17, 15) is 9.90 Å². The minimum Gasteiger partial charge on any atom is -0.389 e. The Morgan fingerprint density at radius 2 is 2.17 bits per heavy atom. The van der Waals surface area contributed by atoms with Gasteiger partial charge in [-0.1, -0.05) is 17.7 Å². The molecular formula is C21H22BrClN4O2. The SMILES string of the molecule is CC(C)(O)CNc1nc(Br)cn2c(-c3ccc(C(=O)CC4CC4)c(Cl)c3)cnc12. The number of Topliss-reactive ketones (excluding diaryl/α,β-unsaturated/α-hetero) is 1. The molecule has 0 spiro atoms. The van der Waals surface area contributed by atoms with Crippen molar-refractivity contribution in [1.29, 1.82) is 0 Å². The fourth-order valence-electron chi connectivity index (χ4n) is 3.19. The number of carbonyl (C=O) groups excluding carboxylic acids is 1. The van der Waals surface area contributed by atoms with Gasteiger partial charge in [0.1, 0.15) is 4.60 Å². The first kappa shape index (κ1) is 20.3. The number of nitrogens with zero attached hydrogens (tertiary/aromatic N) is 3. The van der Waals surface area contributed by atoms with Gasteiger partial charge < -0.3 is 10.4 Å². The molecule has 1 saturated carbocycles. The number of rotatable bonds is 7. The molecule has 1 aromatic carbocycles. The Balaban J connectivity index is 1.68. The Labute approximate surface area is 182 Å². The maximum absolute atomic E-state index is 12.4. The van der Waals surface area contributed by atoms with Crippen LogP contribution in [0.2, 0.25) is 5.02 Å². The Morgan fingerprint density at radius 1 is 1.41 bits per heavy atom. The smallest absolute Gasteiger partial charge is 0.180 e. The minimum absolute atomic E-state index is 0.104. The van der Waals surface area contributed by atoms with Crippen molar-refractivity contribution in [2.45, 2.75) is 38.7 Å². The van der Waals surface area contributed by atoms with E-state index in [1.807, 2.05) is 22.7 Å². The van der Waals surface area contributed by atoms with E-state index in [0.29, 0.717) is 45.5 Å². The van der Waals surface area contributed by atoms with Gasteiger partial charge in [-0.15, -0.1) is 0 Å². The van der Waals surface area contributed by atoms with Crippen LogP contribution < -0.4 is 5.32 Å². The number of halogens is 2. The third kappa shape index (κ3) is 4.63. The number of aliphatic hydroxyl groups is 1. The van der Waals surface area contributed by atoms with Crippen molar-refractivity contribution in [1.82, 2.24) is 14.4 Å². The molecule has 0 saturated heterocycles. The van der Waals surface area contributed by atoms with Crippen LogP contribution in [-0.4, -0.2) is 37.4 Å². The molecule has 1 aliphatic carbocycles. The fraction of sp³-hybridized carbons (Fsp3) is 0.381. The number of benzene rings is 1. The van der Waals surface area contributed by atoms with Crippen molar-refractivity contribution < 1.29 is 9.90 Å². The molecule has 0 unspecified atom stereocenters. The van der Waals surface area contributed by atoms with E-state index in [2.05, 4.69) is 31.2 Å². The monoisotopic (exact) mass is 476 g/mol. The summed E-state index contributed by atoms with van der Waals surface area (Å²) in [6.07, 6.45) is 6.42. The number of anilines is 1. The molecular weight excluding hydrogens is 456 g/mol. The molecule has 0 radical (unpaired) electrons. The second-order valence-electron chi connectivity index (χ2n) is 8.18. The molecule has 0 atom stereocenters. The predicted octanol–water partition coefficient (Wildman–Crippen LogP) is 4.98. The molecule has 0 bridgehead atoms. The number of fused-ring (bicyclic) bond motifs is 1.